The van der Waals surface area contributed by atoms with Crippen LogP contribution in [0.15, 0.2) is 58.9 Å². The molecule has 10 heteroatoms. The van der Waals surface area contributed by atoms with Crippen molar-refractivity contribution in [2.24, 2.45) is 0 Å². The Morgan fingerprint density at radius 3 is 2.48 bits per heavy atom. The SMILES string of the molecule is CN(c1ccc(Cl)cc1)S(=O)(=O)c1cc(C(=O)Nc2nccs2)ccc1Cl. The number of rotatable bonds is 5. The Kier molecular flexibility index (Phi) is 5.71. The van der Waals surface area contributed by atoms with E-state index in [0.29, 0.717) is 15.8 Å². The Balaban J connectivity index is 1.95. The molecule has 0 fully saturated rings. The maximum atomic E-state index is 13.0. The molecule has 1 aromatic heterocycles. The van der Waals surface area contributed by atoms with E-state index in [-0.39, 0.29) is 15.5 Å². The van der Waals surface area contributed by atoms with Gasteiger partial charge in [0.15, 0.2) is 5.13 Å². The number of halogens is 2. The first-order chi connectivity index (χ1) is 12.8. The number of hydrogen-bond donors (Lipinski definition) is 1. The minimum atomic E-state index is -3.99. The topological polar surface area (TPSA) is 79.4 Å². The van der Waals surface area contributed by atoms with Gasteiger partial charge in [0.1, 0.15) is 4.90 Å². The van der Waals surface area contributed by atoms with Gasteiger partial charge in [-0.2, -0.15) is 0 Å². The van der Waals surface area contributed by atoms with Gasteiger partial charge in [0.05, 0.1) is 10.7 Å². The van der Waals surface area contributed by atoms with Gasteiger partial charge in [0, 0.05) is 29.2 Å². The van der Waals surface area contributed by atoms with E-state index in [0.717, 1.165) is 4.31 Å². The van der Waals surface area contributed by atoms with Crippen LogP contribution in [-0.4, -0.2) is 26.4 Å². The van der Waals surface area contributed by atoms with E-state index in [1.807, 2.05) is 0 Å². The summed E-state index contributed by atoms with van der Waals surface area (Å²) < 4.78 is 27.1. The molecule has 3 rings (SSSR count). The molecule has 0 bridgehead atoms. The van der Waals surface area contributed by atoms with Crippen molar-refractivity contribution in [3.8, 4) is 0 Å². The summed E-state index contributed by atoms with van der Waals surface area (Å²) in [7, 11) is -2.59. The number of benzene rings is 2. The van der Waals surface area contributed by atoms with Gasteiger partial charge in [-0.1, -0.05) is 23.2 Å². The van der Waals surface area contributed by atoms with Crippen molar-refractivity contribution in [1.29, 1.82) is 0 Å². The fourth-order valence-corrected chi connectivity index (χ4v) is 4.58. The van der Waals surface area contributed by atoms with E-state index in [2.05, 4.69) is 10.3 Å². The predicted octanol–water partition coefficient (Wildman–Crippen LogP) is 4.53. The van der Waals surface area contributed by atoms with Crippen LogP contribution in [0.4, 0.5) is 10.8 Å². The maximum Gasteiger partial charge on any atom is 0.265 e. The summed E-state index contributed by atoms with van der Waals surface area (Å²) in [5, 5.41) is 5.24. The van der Waals surface area contributed by atoms with Crippen LogP contribution in [0.1, 0.15) is 10.4 Å². The molecule has 0 aliphatic rings. The second-order valence-electron chi connectivity index (χ2n) is 5.39. The highest BCUT2D eigenvalue weighted by Crippen LogP contribution is 2.29. The molecular weight excluding hydrogens is 429 g/mol. The Morgan fingerprint density at radius 1 is 1.15 bits per heavy atom. The lowest BCUT2D eigenvalue weighted by atomic mass is 10.2. The molecule has 0 saturated heterocycles. The lowest BCUT2D eigenvalue weighted by Crippen LogP contribution is -2.27. The molecule has 0 spiro atoms. The van der Waals surface area contributed by atoms with Crippen LogP contribution in [0, 0.1) is 0 Å². The summed E-state index contributed by atoms with van der Waals surface area (Å²) >= 11 is 13.2. The lowest BCUT2D eigenvalue weighted by molar-refractivity contribution is 0.102. The highest BCUT2D eigenvalue weighted by atomic mass is 35.5. The van der Waals surface area contributed by atoms with Crippen molar-refractivity contribution in [3.63, 3.8) is 0 Å². The summed E-state index contributed by atoms with van der Waals surface area (Å²) in [5.41, 5.74) is 0.561. The molecule has 0 aliphatic carbocycles. The fourth-order valence-electron chi connectivity index (χ4n) is 2.23. The van der Waals surface area contributed by atoms with Gasteiger partial charge in [-0.05, 0) is 42.5 Å². The number of aromatic nitrogens is 1. The maximum absolute atomic E-state index is 13.0. The van der Waals surface area contributed by atoms with E-state index in [9.17, 15) is 13.2 Å². The fraction of sp³-hybridized carbons (Fsp3) is 0.0588. The van der Waals surface area contributed by atoms with Gasteiger partial charge in [-0.15, -0.1) is 11.3 Å². The number of hydrogen-bond acceptors (Lipinski definition) is 5. The zero-order valence-corrected chi connectivity index (χ0v) is 17.0. The summed E-state index contributed by atoms with van der Waals surface area (Å²) in [6.45, 7) is 0. The molecule has 0 aliphatic heterocycles. The van der Waals surface area contributed by atoms with Crippen molar-refractivity contribution < 1.29 is 13.2 Å². The highest BCUT2D eigenvalue weighted by molar-refractivity contribution is 7.93. The largest absolute Gasteiger partial charge is 0.298 e. The Bertz CT molecular complexity index is 1070. The molecular formula is C17H13Cl2N3O3S2. The van der Waals surface area contributed by atoms with E-state index < -0.39 is 15.9 Å². The number of anilines is 2. The first-order valence-corrected chi connectivity index (χ1v) is 10.6. The lowest BCUT2D eigenvalue weighted by Gasteiger charge is -2.20. The van der Waals surface area contributed by atoms with Gasteiger partial charge in [-0.25, -0.2) is 13.4 Å². The van der Waals surface area contributed by atoms with Gasteiger partial charge in [0.25, 0.3) is 15.9 Å². The van der Waals surface area contributed by atoms with Crippen molar-refractivity contribution in [1.82, 2.24) is 4.98 Å². The van der Waals surface area contributed by atoms with E-state index >= 15 is 0 Å². The number of sulfonamides is 1. The average Bonchev–Trinajstić information content (AvgIpc) is 3.15. The van der Waals surface area contributed by atoms with Gasteiger partial charge < -0.3 is 0 Å². The predicted molar refractivity (Wildman–Crippen MR) is 109 cm³/mol. The third kappa shape index (κ3) is 4.24. The monoisotopic (exact) mass is 441 g/mol. The summed E-state index contributed by atoms with van der Waals surface area (Å²) in [6.07, 6.45) is 1.55. The molecule has 27 heavy (non-hydrogen) atoms. The molecule has 0 saturated carbocycles. The smallest absolute Gasteiger partial charge is 0.265 e. The second kappa shape index (κ2) is 7.85. The first-order valence-electron chi connectivity index (χ1n) is 7.54. The molecule has 1 amide bonds. The Labute approximate surface area is 170 Å². The van der Waals surface area contributed by atoms with Crippen LogP contribution >= 0.6 is 34.5 Å². The third-order valence-electron chi connectivity index (χ3n) is 3.67. The third-order valence-corrected chi connectivity index (χ3v) is 6.88. The Morgan fingerprint density at radius 2 is 1.85 bits per heavy atom. The number of nitrogens with zero attached hydrogens (tertiary/aromatic N) is 2. The van der Waals surface area contributed by atoms with Crippen molar-refractivity contribution in [2.45, 2.75) is 4.90 Å². The van der Waals surface area contributed by atoms with Crippen LogP contribution in [-0.2, 0) is 10.0 Å². The molecule has 3 aromatic rings. The van der Waals surface area contributed by atoms with Crippen molar-refractivity contribution in [3.05, 3.63) is 69.7 Å². The van der Waals surface area contributed by atoms with Crippen LogP contribution < -0.4 is 9.62 Å². The number of nitrogens with one attached hydrogen (secondary N) is 1. The average molecular weight is 442 g/mol. The molecule has 0 atom stereocenters. The number of carbonyl (C=O) groups excluding carboxylic acids is 1. The second-order valence-corrected chi connectivity index (χ2v) is 9.06. The zero-order chi connectivity index (χ0) is 19.6. The summed E-state index contributed by atoms with van der Waals surface area (Å²) in [4.78, 5) is 16.2. The number of amides is 1. The minimum Gasteiger partial charge on any atom is -0.298 e. The van der Waals surface area contributed by atoms with E-state index in [1.165, 1.54) is 36.6 Å². The van der Waals surface area contributed by atoms with Crippen LogP contribution in [0.3, 0.4) is 0 Å². The summed E-state index contributed by atoms with van der Waals surface area (Å²) in [5.74, 6) is -0.479. The van der Waals surface area contributed by atoms with Crippen molar-refractivity contribution in [2.75, 3.05) is 16.7 Å². The molecule has 0 radical (unpaired) electrons. The van der Waals surface area contributed by atoms with E-state index in [4.69, 9.17) is 23.2 Å². The van der Waals surface area contributed by atoms with Gasteiger partial charge >= 0.3 is 0 Å². The Hall–Kier alpha value is -2.13. The molecule has 1 heterocycles. The highest BCUT2D eigenvalue weighted by Gasteiger charge is 2.25. The van der Waals surface area contributed by atoms with Gasteiger partial charge in [-0.3, -0.25) is 14.4 Å². The first kappa shape index (κ1) is 19.6. The normalized spacial score (nSPS) is 11.2. The molecule has 1 N–H and O–H groups in total. The van der Waals surface area contributed by atoms with Gasteiger partial charge in [0.2, 0.25) is 0 Å². The molecule has 6 nitrogen and oxygen atoms in total. The van der Waals surface area contributed by atoms with Crippen molar-refractivity contribution >= 4 is 61.3 Å². The standard InChI is InChI=1S/C17H13Cl2N3O3S2/c1-22(13-5-3-12(18)4-6-13)27(24,25)15-10-11(2-7-14(15)19)16(23)21-17-20-8-9-26-17/h2-10H,1H3,(H,20,21,23). The quantitative estimate of drug-likeness (QED) is 0.630. The van der Waals surface area contributed by atoms with Crippen LogP contribution in [0.2, 0.25) is 10.0 Å². The number of carbonyl (C=O) groups is 1. The minimum absolute atomic E-state index is 0.0154. The molecule has 0 unspecified atom stereocenters. The molecule has 140 valence electrons. The van der Waals surface area contributed by atoms with Crippen LogP contribution in [0.5, 0.6) is 0 Å². The van der Waals surface area contributed by atoms with E-state index in [1.54, 1.807) is 35.8 Å². The zero-order valence-electron chi connectivity index (χ0n) is 13.9. The number of thiazole rings is 1. The van der Waals surface area contributed by atoms with Crippen LogP contribution in [0.25, 0.3) is 0 Å². The summed E-state index contributed by atoms with van der Waals surface area (Å²) in [6, 6.07) is 10.4. The molecule has 2 aromatic carbocycles.